The van der Waals surface area contributed by atoms with E-state index in [1.165, 1.54) is 0 Å². The molecule has 1 N–H and O–H groups in total. The molecule has 2 heterocycles. The van der Waals surface area contributed by atoms with E-state index in [0.717, 1.165) is 37.2 Å². The van der Waals surface area contributed by atoms with Crippen LogP contribution in [0.15, 0.2) is 48.5 Å². The number of amides is 1. The lowest BCUT2D eigenvalue weighted by atomic mass is 9.93. The molecule has 0 saturated carbocycles. The summed E-state index contributed by atoms with van der Waals surface area (Å²) in [5.41, 5.74) is 5.67. The normalized spacial score (nSPS) is 23.3. The molecule has 0 aromatic heterocycles. The first kappa shape index (κ1) is 17.8. The summed E-state index contributed by atoms with van der Waals surface area (Å²) in [7, 11) is 0. The van der Waals surface area contributed by atoms with E-state index in [-0.39, 0.29) is 17.9 Å². The second-order valence-corrected chi connectivity index (χ2v) is 7.84. The molecule has 0 radical (unpaired) electrons. The average molecular weight is 390 g/mol. The van der Waals surface area contributed by atoms with E-state index in [1.807, 2.05) is 48.5 Å². The summed E-state index contributed by atoms with van der Waals surface area (Å²) in [6.07, 6.45) is 0.961. The smallest absolute Gasteiger partial charge is 0.243 e. The zero-order valence-electron chi connectivity index (χ0n) is 14.4. The molecule has 136 valence electrons. The van der Waals surface area contributed by atoms with Crippen molar-refractivity contribution in [2.45, 2.75) is 25.6 Å². The van der Waals surface area contributed by atoms with Crippen LogP contribution in [-0.2, 0) is 17.9 Å². The Kier molecular flexibility index (Phi) is 5.18. The number of benzene rings is 2. The van der Waals surface area contributed by atoms with Gasteiger partial charge in [0.2, 0.25) is 5.91 Å². The third kappa shape index (κ3) is 3.74. The first-order chi connectivity index (χ1) is 12.6. The van der Waals surface area contributed by atoms with Gasteiger partial charge in [-0.05, 0) is 29.7 Å². The van der Waals surface area contributed by atoms with Crippen molar-refractivity contribution in [3.8, 4) is 0 Å². The summed E-state index contributed by atoms with van der Waals surface area (Å²) >= 11 is 12.1. The van der Waals surface area contributed by atoms with Crippen LogP contribution in [0, 0.1) is 5.92 Å². The van der Waals surface area contributed by atoms with Crippen molar-refractivity contribution in [1.82, 2.24) is 15.3 Å². The fraction of sp³-hybridized carbons (Fsp3) is 0.350. The molecule has 4 nitrogen and oxygen atoms in total. The zero-order chi connectivity index (χ0) is 18.1. The molecule has 4 rings (SSSR count). The number of nitrogens with zero attached hydrogens (tertiary/aromatic N) is 2. The topological polar surface area (TPSA) is 35.6 Å². The van der Waals surface area contributed by atoms with Gasteiger partial charge in [-0.15, -0.1) is 0 Å². The Labute approximate surface area is 163 Å². The number of piperidine rings is 1. The number of hydrogen-bond donors (Lipinski definition) is 1. The van der Waals surface area contributed by atoms with Gasteiger partial charge in [-0.2, -0.15) is 0 Å². The van der Waals surface area contributed by atoms with E-state index in [9.17, 15) is 4.79 Å². The molecule has 0 aliphatic carbocycles. The SMILES string of the molecule is O=C1C2CN(Cc3ccc(Cl)c(Cl)c3)CCC2NN1Cc1ccccc1. The van der Waals surface area contributed by atoms with Gasteiger partial charge in [0.05, 0.1) is 22.5 Å². The number of fused-ring (bicyclic) bond motifs is 1. The number of carbonyl (C=O) groups excluding carboxylic acids is 1. The number of carbonyl (C=O) groups is 1. The van der Waals surface area contributed by atoms with Gasteiger partial charge in [-0.3, -0.25) is 14.7 Å². The second-order valence-electron chi connectivity index (χ2n) is 7.02. The molecule has 2 aromatic carbocycles. The standard InChI is InChI=1S/C20H21Cl2N3O/c21-17-7-6-15(10-18(17)22)11-24-9-8-19-16(13-24)20(26)25(23-19)12-14-4-2-1-3-5-14/h1-7,10,16,19,23H,8-9,11-13H2. The van der Waals surface area contributed by atoms with Crippen molar-refractivity contribution in [3.05, 3.63) is 69.7 Å². The van der Waals surface area contributed by atoms with Crippen LogP contribution in [0.1, 0.15) is 17.5 Å². The molecule has 2 atom stereocenters. The van der Waals surface area contributed by atoms with E-state index < -0.39 is 0 Å². The molecule has 2 fully saturated rings. The number of hydrazine groups is 1. The molecule has 2 aliphatic heterocycles. The van der Waals surface area contributed by atoms with Crippen LogP contribution in [0.5, 0.6) is 0 Å². The van der Waals surface area contributed by atoms with Gasteiger partial charge in [-0.1, -0.05) is 59.6 Å². The fourth-order valence-corrected chi connectivity index (χ4v) is 4.14. The van der Waals surface area contributed by atoms with Crippen molar-refractivity contribution in [1.29, 1.82) is 0 Å². The molecule has 26 heavy (non-hydrogen) atoms. The highest BCUT2D eigenvalue weighted by molar-refractivity contribution is 6.42. The Morgan fingerprint density at radius 3 is 2.58 bits per heavy atom. The number of likely N-dealkylation sites (tertiary alicyclic amines) is 1. The number of nitrogens with one attached hydrogen (secondary N) is 1. The summed E-state index contributed by atoms with van der Waals surface area (Å²) in [6, 6.07) is 16.1. The van der Waals surface area contributed by atoms with Crippen LogP contribution in [0.2, 0.25) is 10.0 Å². The molecular weight excluding hydrogens is 369 g/mol. The summed E-state index contributed by atoms with van der Waals surface area (Å²) in [5, 5.41) is 2.93. The molecule has 0 bridgehead atoms. The second kappa shape index (κ2) is 7.57. The van der Waals surface area contributed by atoms with Gasteiger partial charge in [0.15, 0.2) is 0 Å². The van der Waals surface area contributed by atoms with E-state index >= 15 is 0 Å². The molecule has 2 unspecified atom stereocenters. The van der Waals surface area contributed by atoms with Crippen molar-refractivity contribution >= 4 is 29.1 Å². The minimum atomic E-state index is 0.00948. The quantitative estimate of drug-likeness (QED) is 0.864. The van der Waals surface area contributed by atoms with Gasteiger partial charge in [0, 0.05) is 25.7 Å². The predicted molar refractivity (Wildman–Crippen MR) is 104 cm³/mol. The van der Waals surface area contributed by atoms with Crippen LogP contribution in [-0.4, -0.2) is 34.9 Å². The number of halogens is 2. The molecule has 1 amide bonds. The third-order valence-electron chi connectivity index (χ3n) is 5.18. The first-order valence-corrected chi connectivity index (χ1v) is 9.63. The van der Waals surface area contributed by atoms with E-state index in [4.69, 9.17) is 23.2 Å². The molecular formula is C20H21Cl2N3O. The maximum absolute atomic E-state index is 12.8. The van der Waals surface area contributed by atoms with Crippen molar-refractivity contribution < 1.29 is 4.79 Å². The highest BCUT2D eigenvalue weighted by Gasteiger charge is 2.43. The van der Waals surface area contributed by atoms with Gasteiger partial charge in [-0.25, -0.2) is 5.43 Å². The Balaban J connectivity index is 1.40. The maximum atomic E-state index is 12.8. The summed E-state index contributed by atoms with van der Waals surface area (Å²) in [4.78, 5) is 15.2. The maximum Gasteiger partial charge on any atom is 0.243 e. The Morgan fingerprint density at radius 2 is 1.81 bits per heavy atom. The summed E-state index contributed by atoms with van der Waals surface area (Å²) in [5.74, 6) is 0.202. The Morgan fingerprint density at radius 1 is 1.00 bits per heavy atom. The largest absolute Gasteiger partial charge is 0.298 e. The third-order valence-corrected chi connectivity index (χ3v) is 5.91. The molecule has 2 saturated heterocycles. The molecule has 2 aromatic rings. The molecule has 0 spiro atoms. The lowest BCUT2D eigenvalue weighted by Gasteiger charge is -2.32. The van der Waals surface area contributed by atoms with E-state index in [2.05, 4.69) is 10.3 Å². The van der Waals surface area contributed by atoms with Crippen LogP contribution in [0.25, 0.3) is 0 Å². The molecule has 2 aliphatic rings. The fourth-order valence-electron chi connectivity index (χ4n) is 3.82. The first-order valence-electron chi connectivity index (χ1n) is 8.88. The highest BCUT2D eigenvalue weighted by Crippen LogP contribution is 2.28. The lowest BCUT2D eigenvalue weighted by Crippen LogP contribution is -2.45. The van der Waals surface area contributed by atoms with Crippen LogP contribution >= 0.6 is 23.2 Å². The molecule has 6 heteroatoms. The van der Waals surface area contributed by atoms with Gasteiger partial charge in [0.25, 0.3) is 0 Å². The van der Waals surface area contributed by atoms with E-state index in [1.54, 1.807) is 5.01 Å². The minimum absolute atomic E-state index is 0.00948. The van der Waals surface area contributed by atoms with Crippen molar-refractivity contribution in [2.24, 2.45) is 5.92 Å². The van der Waals surface area contributed by atoms with E-state index in [0.29, 0.717) is 16.6 Å². The summed E-state index contributed by atoms with van der Waals surface area (Å²) < 4.78 is 0. The van der Waals surface area contributed by atoms with Gasteiger partial charge >= 0.3 is 0 Å². The Hall–Kier alpha value is -1.59. The Bertz CT molecular complexity index is 799. The minimum Gasteiger partial charge on any atom is -0.298 e. The van der Waals surface area contributed by atoms with Crippen LogP contribution in [0.3, 0.4) is 0 Å². The monoisotopic (exact) mass is 389 g/mol. The summed E-state index contributed by atoms with van der Waals surface area (Å²) in [6.45, 7) is 3.12. The average Bonchev–Trinajstić information content (AvgIpc) is 2.95. The van der Waals surface area contributed by atoms with Gasteiger partial charge in [0.1, 0.15) is 0 Å². The number of hydrogen-bond acceptors (Lipinski definition) is 3. The lowest BCUT2D eigenvalue weighted by molar-refractivity contribution is -0.133. The number of rotatable bonds is 4. The van der Waals surface area contributed by atoms with Crippen LogP contribution < -0.4 is 5.43 Å². The highest BCUT2D eigenvalue weighted by atomic mass is 35.5. The predicted octanol–water partition coefficient (Wildman–Crippen LogP) is 3.73. The van der Waals surface area contributed by atoms with Gasteiger partial charge < -0.3 is 0 Å². The van der Waals surface area contributed by atoms with Crippen molar-refractivity contribution in [3.63, 3.8) is 0 Å². The zero-order valence-corrected chi connectivity index (χ0v) is 15.9. The van der Waals surface area contributed by atoms with Crippen molar-refractivity contribution in [2.75, 3.05) is 13.1 Å². The van der Waals surface area contributed by atoms with Crippen LogP contribution in [0.4, 0.5) is 0 Å².